The van der Waals surface area contributed by atoms with E-state index in [0.717, 1.165) is 19.4 Å². The fraction of sp³-hybridized carbons (Fsp3) is 0.333. The molecule has 7 heteroatoms. The number of ether oxygens (including phenoxy) is 1. The third kappa shape index (κ3) is 4.38. The Kier molecular flexibility index (Phi) is 6.08. The molecule has 1 unspecified atom stereocenters. The first-order chi connectivity index (χ1) is 10.6. The van der Waals surface area contributed by atoms with Crippen LogP contribution in [0.2, 0.25) is 10.0 Å². The Morgan fingerprint density at radius 1 is 1.50 bits per heavy atom. The topological polar surface area (TPSA) is 74.1 Å². The number of nitriles is 1. The maximum Gasteiger partial charge on any atom is 0.267 e. The number of amides is 1. The van der Waals surface area contributed by atoms with Gasteiger partial charge in [-0.3, -0.25) is 4.79 Å². The number of nitrogens with zero attached hydrogens (tertiary/aromatic N) is 1. The lowest BCUT2D eigenvalue weighted by Gasteiger charge is -2.10. The molecule has 0 bridgehead atoms. The van der Waals surface area contributed by atoms with Crippen molar-refractivity contribution < 1.29 is 9.53 Å². The van der Waals surface area contributed by atoms with E-state index >= 15 is 0 Å². The Balaban J connectivity index is 1.96. The third-order valence-corrected chi connectivity index (χ3v) is 4.00. The Labute approximate surface area is 138 Å². The Bertz CT molecular complexity index is 620. The minimum Gasteiger partial charge on any atom is -0.387 e. The zero-order valence-corrected chi connectivity index (χ0v) is 13.2. The van der Waals surface area contributed by atoms with E-state index in [1.807, 2.05) is 6.07 Å². The largest absolute Gasteiger partial charge is 0.387 e. The van der Waals surface area contributed by atoms with Crippen molar-refractivity contribution in [1.82, 2.24) is 5.32 Å². The third-order valence-electron chi connectivity index (χ3n) is 3.18. The second kappa shape index (κ2) is 8.04. The zero-order valence-electron chi connectivity index (χ0n) is 11.7. The standard InChI is InChI=1S/C15H15Cl2N3O2/c16-12-4-1-5-13(14(12)17)20-15(21)10(7-18)8-19-9-11-3-2-6-22-11/h1,4-5,8,11,19H,2-3,6,9H2,(H,20,21)/b10-8-. The number of carbonyl (C=O) groups is 1. The molecule has 2 rings (SSSR count). The zero-order chi connectivity index (χ0) is 15.9. The van der Waals surface area contributed by atoms with E-state index in [-0.39, 0.29) is 16.7 Å². The quantitative estimate of drug-likeness (QED) is 0.638. The van der Waals surface area contributed by atoms with Crippen LogP contribution in [-0.2, 0) is 9.53 Å². The molecule has 1 fully saturated rings. The fourth-order valence-electron chi connectivity index (χ4n) is 2.04. The fourth-order valence-corrected chi connectivity index (χ4v) is 2.38. The van der Waals surface area contributed by atoms with Gasteiger partial charge in [-0.1, -0.05) is 29.3 Å². The summed E-state index contributed by atoms with van der Waals surface area (Å²) in [7, 11) is 0. The Morgan fingerprint density at radius 2 is 2.32 bits per heavy atom. The predicted octanol–water partition coefficient (Wildman–Crippen LogP) is 3.11. The molecule has 1 aromatic carbocycles. The molecule has 0 saturated carbocycles. The highest BCUT2D eigenvalue weighted by molar-refractivity contribution is 6.44. The van der Waals surface area contributed by atoms with E-state index < -0.39 is 5.91 Å². The van der Waals surface area contributed by atoms with Gasteiger partial charge in [-0.25, -0.2) is 0 Å². The number of hydrogen-bond acceptors (Lipinski definition) is 4. The van der Waals surface area contributed by atoms with Gasteiger partial charge in [0.2, 0.25) is 0 Å². The summed E-state index contributed by atoms with van der Waals surface area (Å²) in [5.41, 5.74) is 0.313. The lowest BCUT2D eigenvalue weighted by Crippen LogP contribution is -2.24. The van der Waals surface area contributed by atoms with Crippen molar-refractivity contribution in [3.63, 3.8) is 0 Å². The van der Waals surface area contributed by atoms with Gasteiger partial charge < -0.3 is 15.4 Å². The Hall–Kier alpha value is -1.74. The number of halogens is 2. The van der Waals surface area contributed by atoms with Gasteiger partial charge in [-0.05, 0) is 25.0 Å². The van der Waals surface area contributed by atoms with Crippen LogP contribution < -0.4 is 10.6 Å². The van der Waals surface area contributed by atoms with Gasteiger partial charge in [0, 0.05) is 19.4 Å². The van der Waals surface area contributed by atoms with E-state index in [1.54, 1.807) is 18.2 Å². The first kappa shape index (κ1) is 16.6. The summed E-state index contributed by atoms with van der Waals surface area (Å²) in [6.07, 6.45) is 3.53. The van der Waals surface area contributed by atoms with E-state index in [9.17, 15) is 4.79 Å². The summed E-state index contributed by atoms with van der Waals surface area (Å²) in [5, 5.41) is 15.2. The number of nitrogens with one attached hydrogen (secondary N) is 2. The molecule has 1 aliphatic rings. The van der Waals surface area contributed by atoms with Crippen molar-refractivity contribution in [3.05, 3.63) is 40.0 Å². The molecule has 22 heavy (non-hydrogen) atoms. The summed E-state index contributed by atoms with van der Waals surface area (Å²) >= 11 is 11.9. The minimum atomic E-state index is -0.550. The average Bonchev–Trinajstić information content (AvgIpc) is 3.01. The molecular formula is C15H15Cl2N3O2. The molecule has 5 nitrogen and oxygen atoms in total. The van der Waals surface area contributed by atoms with Crippen molar-refractivity contribution in [1.29, 1.82) is 5.26 Å². The van der Waals surface area contributed by atoms with Crippen LogP contribution in [-0.4, -0.2) is 25.2 Å². The van der Waals surface area contributed by atoms with Crippen molar-refractivity contribution in [2.75, 3.05) is 18.5 Å². The Morgan fingerprint density at radius 3 is 3.00 bits per heavy atom. The van der Waals surface area contributed by atoms with Crippen LogP contribution in [0, 0.1) is 11.3 Å². The average molecular weight is 340 g/mol. The SMILES string of the molecule is N#C/C(=C/NCC1CCCO1)C(=O)Nc1cccc(Cl)c1Cl. The highest BCUT2D eigenvalue weighted by Crippen LogP contribution is 2.29. The summed E-state index contributed by atoms with van der Waals surface area (Å²) in [4.78, 5) is 12.1. The molecule has 1 amide bonds. The van der Waals surface area contributed by atoms with Crippen LogP contribution in [0.4, 0.5) is 5.69 Å². The van der Waals surface area contributed by atoms with Gasteiger partial charge >= 0.3 is 0 Å². The van der Waals surface area contributed by atoms with Crippen molar-refractivity contribution in [3.8, 4) is 6.07 Å². The molecule has 0 aliphatic carbocycles. The van der Waals surface area contributed by atoms with Crippen LogP contribution in [0.15, 0.2) is 30.0 Å². The molecular weight excluding hydrogens is 325 g/mol. The molecule has 1 aliphatic heterocycles. The smallest absolute Gasteiger partial charge is 0.267 e. The lowest BCUT2D eigenvalue weighted by atomic mass is 10.2. The maximum atomic E-state index is 12.1. The van der Waals surface area contributed by atoms with Gasteiger partial charge in [0.15, 0.2) is 0 Å². The molecule has 1 aromatic rings. The maximum absolute atomic E-state index is 12.1. The number of carbonyl (C=O) groups excluding carboxylic acids is 1. The van der Waals surface area contributed by atoms with E-state index in [4.69, 9.17) is 33.2 Å². The summed E-state index contributed by atoms with van der Waals surface area (Å²) in [6.45, 7) is 1.32. The number of hydrogen-bond donors (Lipinski definition) is 2. The molecule has 1 atom stereocenters. The highest BCUT2D eigenvalue weighted by Gasteiger charge is 2.15. The van der Waals surface area contributed by atoms with Crippen LogP contribution in [0.25, 0.3) is 0 Å². The molecule has 1 heterocycles. The molecule has 0 spiro atoms. The minimum absolute atomic E-state index is 0.0472. The van der Waals surface area contributed by atoms with Gasteiger partial charge in [-0.2, -0.15) is 5.26 Å². The van der Waals surface area contributed by atoms with Crippen molar-refractivity contribution in [2.45, 2.75) is 18.9 Å². The van der Waals surface area contributed by atoms with Crippen molar-refractivity contribution in [2.24, 2.45) is 0 Å². The second-order valence-electron chi connectivity index (χ2n) is 4.77. The first-order valence-corrected chi connectivity index (χ1v) is 7.58. The van der Waals surface area contributed by atoms with Gasteiger partial charge in [0.25, 0.3) is 5.91 Å². The summed E-state index contributed by atoms with van der Waals surface area (Å²) in [5.74, 6) is -0.550. The highest BCUT2D eigenvalue weighted by atomic mass is 35.5. The van der Waals surface area contributed by atoms with E-state index in [2.05, 4.69) is 10.6 Å². The predicted molar refractivity (Wildman–Crippen MR) is 85.8 cm³/mol. The van der Waals surface area contributed by atoms with Crippen LogP contribution in [0.1, 0.15) is 12.8 Å². The van der Waals surface area contributed by atoms with Crippen LogP contribution in [0.5, 0.6) is 0 Å². The molecule has 0 radical (unpaired) electrons. The normalized spacial score (nSPS) is 17.9. The van der Waals surface area contributed by atoms with Crippen LogP contribution in [0.3, 0.4) is 0 Å². The van der Waals surface area contributed by atoms with Crippen molar-refractivity contribution >= 4 is 34.8 Å². The number of anilines is 1. The number of benzene rings is 1. The summed E-state index contributed by atoms with van der Waals surface area (Å²) < 4.78 is 5.45. The second-order valence-corrected chi connectivity index (χ2v) is 5.55. The van der Waals surface area contributed by atoms with Gasteiger partial charge in [0.1, 0.15) is 11.6 Å². The first-order valence-electron chi connectivity index (χ1n) is 6.82. The monoisotopic (exact) mass is 339 g/mol. The molecule has 116 valence electrons. The summed E-state index contributed by atoms with van der Waals surface area (Å²) in [6, 6.07) is 6.74. The van der Waals surface area contributed by atoms with E-state index in [1.165, 1.54) is 6.20 Å². The molecule has 2 N–H and O–H groups in total. The van der Waals surface area contributed by atoms with Gasteiger partial charge in [-0.15, -0.1) is 0 Å². The van der Waals surface area contributed by atoms with Crippen LogP contribution >= 0.6 is 23.2 Å². The molecule has 1 saturated heterocycles. The van der Waals surface area contributed by atoms with Gasteiger partial charge in [0.05, 0.1) is 21.8 Å². The van der Waals surface area contributed by atoms with E-state index in [0.29, 0.717) is 17.3 Å². The lowest BCUT2D eigenvalue weighted by molar-refractivity contribution is -0.112. The molecule has 0 aromatic heterocycles. The number of rotatable bonds is 5.